The van der Waals surface area contributed by atoms with Crippen LogP contribution in [-0.2, 0) is 14.1 Å². The first-order chi connectivity index (χ1) is 11.3. The topological polar surface area (TPSA) is 66.1 Å². The molecule has 1 fully saturated rings. The van der Waals surface area contributed by atoms with Gasteiger partial charge in [0.25, 0.3) is 0 Å². The van der Waals surface area contributed by atoms with E-state index in [1.165, 1.54) is 0 Å². The minimum absolute atomic E-state index is 0.152. The largest absolute Gasteiger partial charge is 0.492 e. The van der Waals surface area contributed by atoms with Gasteiger partial charge in [-0.1, -0.05) is 6.08 Å². The number of hydrazine groups is 2. The molecule has 0 saturated carbocycles. The first-order valence-electron chi connectivity index (χ1n) is 8.55. The molecule has 132 valence electrons. The zero-order chi connectivity index (χ0) is 17.4. The lowest BCUT2D eigenvalue weighted by Crippen LogP contribution is -2.42. The maximum atomic E-state index is 12.5. The molecule has 0 aromatic carbocycles. The van der Waals surface area contributed by atoms with Gasteiger partial charge < -0.3 is 19.6 Å². The van der Waals surface area contributed by atoms with Gasteiger partial charge in [-0.2, -0.15) is 0 Å². The molecule has 8 heteroatoms. The van der Waals surface area contributed by atoms with E-state index in [0.717, 1.165) is 18.4 Å². The van der Waals surface area contributed by atoms with Crippen LogP contribution in [0.2, 0.25) is 0 Å². The lowest BCUT2D eigenvalue weighted by molar-refractivity contribution is -0.131. The summed E-state index contributed by atoms with van der Waals surface area (Å²) in [6.45, 7) is 10.1. The summed E-state index contributed by atoms with van der Waals surface area (Å²) in [5.74, 6) is 0.152. The molecule has 3 aliphatic rings. The minimum atomic E-state index is -0.363. The Balaban J connectivity index is 1.55. The van der Waals surface area contributed by atoms with Gasteiger partial charge in [-0.25, -0.2) is 0 Å². The van der Waals surface area contributed by atoms with Crippen molar-refractivity contribution >= 4 is 13.0 Å². The molecule has 0 aromatic heterocycles. The number of carbonyl (C=O) groups excluding carboxylic acids is 1. The fraction of sp³-hybridized carbons (Fsp3) is 0.688. The average Bonchev–Trinajstić information content (AvgIpc) is 3.11. The van der Waals surface area contributed by atoms with E-state index >= 15 is 0 Å². The van der Waals surface area contributed by atoms with Gasteiger partial charge in [0, 0.05) is 38.5 Å². The summed E-state index contributed by atoms with van der Waals surface area (Å²) in [6.07, 6.45) is 7.13. The molecule has 3 heterocycles. The number of hydrogen-bond donors (Lipinski definition) is 2. The fourth-order valence-corrected chi connectivity index (χ4v) is 2.94. The van der Waals surface area contributed by atoms with Crippen molar-refractivity contribution < 1.29 is 14.1 Å². The third-order valence-corrected chi connectivity index (χ3v) is 5.20. The van der Waals surface area contributed by atoms with Gasteiger partial charge in [-0.05, 0) is 39.6 Å². The molecule has 0 aromatic rings. The lowest BCUT2D eigenvalue weighted by Gasteiger charge is -2.32. The number of hydrogen-bond acceptors (Lipinski definition) is 6. The molecule has 0 spiro atoms. The molecule has 7 nitrogen and oxygen atoms in total. The van der Waals surface area contributed by atoms with Crippen LogP contribution in [0, 0.1) is 0 Å². The number of nitrogens with zero attached hydrogens (tertiary/aromatic N) is 2. The van der Waals surface area contributed by atoms with E-state index in [0.29, 0.717) is 19.5 Å². The minimum Gasteiger partial charge on any atom is -0.400 e. The summed E-state index contributed by atoms with van der Waals surface area (Å²) in [4.78, 5) is 14.4. The molecule has 0 aliphatic carbocycles. The zero-order valence-corrected chi connectivity index (χ0v) is 15.0. The Morgan fingerprint density at radius 1 is 1.29 bits per heavy atom. The monoisotopic (exact) mass is 334 g/mol. The van der Waals surface area contributed by atoms with Crippen molar-refractivity contribution in [2.75, 3.05) is 19.6 Å². The van der Waals surface area contributed by atoms with E-state index in [-0.39, 0.29) is 24.2 Å². The fourth-order valence-electron chi connectivity index (χ4n) is 2.94. The molecule has 24 heavy (non-hydrogen) atoms. The summed E-state index contributed by atoms with van der Waals surface area (Å²) in [6, 6.07) is 0. The third kappa shape index (κ3) is 3.45. The normalized spacial score (nSPS) is 25.0. The van der Waals surface area contributed by atoms with E-state index in [4.69, 9.17) is 9.31 Å². The Bertz CT molecular complexity index is 546. The van der Waals surface area contributed by atoms with E-state index < -0.39 is 0 Å². The molecule has 2 N–H and O–H groups in total. The van der Waals surface area contributed by atoms with Crippen molar-refractivity contribution in [1.82, 2.24) is 20.9 Å². The highest BCUT2D eigenvalue weighted by molar-refractivity contribution is 6.54. The molecular weight excluding hydrogens is 307 g/mol. The smallest absolute Gasteiger partial charge is 0.400 e. The molecule has 3 rings (SSSR count). The predicted molar refractivity (Wildman–Crippen MR) is 92.1 cm³/mol. The Morgan fingerprint density at radius 3 is 2.62 bits per heavy atom. The lowest BCUT2D eigenvalue weighted by atomic mass is 9.76. The second-order valence-electron chi connectivity index (χ2n) is 7.49. The van der Waals surface area contributed by atoms with E-state index in [2.05, 4.69) is 17.0 Å². The highest BCUT2D eigenvalue weighted by Gasteiger charge is 2.52. The summed E-state index contributed by atoms with van der Waals surface area (Å²) in [7, 11) is -0.363. The highest BCUT2D eigenvalue weighted by atomic mass is 16.7. The van der Waals surface area contributed by atoms with Crippen LogP contribution in [0.1, 0.15) is 40.5 Å². The Labute approximate surface area is 144 Å². The molecule has 1 amide bonds. The van der Waals surface area contributed by atoms with Gasteiger partial charge in [0.2, 0.25) is 5.91 Å². The molecule has 0 bridgehead atoms. The van der Waals surface area contributed by atoms with Crippen LogP contribution in [0.5, 0.6) is 0 Å². The molecule has 0 radical (unpaired) electrons. The number of rotatable bonds is 4. The average molecular weight is 334 g/mol. The van der Waals surface area contributed by atoms with Gasteiger partial charge in [-0.15, -0.1) is 5.53 Å². The summed E-state index contributed by atoms with van der Waals surface area (Å²) in [5.41, 5.74) is 6.14. The van der Waals surface area contributed by atoms with Crippen LogP contribution in [0.4, 0.5) is 0 Å². The Kier molecular flexibility index (Phi) is 4.64. The van der Waals surface area contributed by atoms with Gasteiger partial charge in [-0.3, -0.25) is 9.80 Å². The van der Waals surface area contributed by atoms with Crippen molar-refractivity contribution in [2.45, 2.75) is 51.7 Å². The third-order valence-electron chi connectivity index (χ3n) is 5.20. The molecule has 1 saturated heterocycles. The highest BCUT2D eigenvalue weighted by Crippen LogP contribution is 2.39. The van der Waals surface area contributed by atoms with Crippen LogP contribution in [0.25, 0.3) is 0 Å². The molecule has 0 unspecified atom stereocenters. The summed E-state index contributed by atoms with van der Waals surface area (Å²) >= 11 is 0. The molecule has 3 aliphatic heterocycles. The van der Waals surface area contributed by atoms with Crippen LogP contribution in [0.15, 0.2) is 23.9 Å². The van der Waals surface area contributed by atoms with Gasteiger partial charge in [0.05, 0.1) is 11.2 Å². The maximum absolute atomic E-state index is 12.5. The van der Waals surface area contributed by atoms with Gasteiger partial charge >= 0.3 is 7.12 Å². The first-order valence-corrected chi connectivity index (χ1v) is 8.55. The van der Waals surface area contributed by atoms with Gasteiger partial charge in [0.1, 0.15) is 0 Å². The van der Waals surface area contributed by atoms with Crippen molar-refractivity contribution in [2.24, 2.45) is 0 Å². The maximum Gasteiger partial charge on any atom is 0.492 e. The summed E-state index contributed by atoms with van der Waals surface area (Å²) < 4.78 is 12.2. The van der Waals surface area contributed by atoms with Crippen LogP contribution < -0.4 is 11.0 Å². The molecule has 0 atom stereocenters. The Hall–Kier alpha value is -1.51. The van der Waals surface area contributed by atoms with Crippen molar-refractivity contribution in [3.63, 3.8) is 0 Å². The number of carbonyl (C=O) groups is 1. The SMILES string of the molecule is CC1(C)OB(C2=CCCN(C(=O)CCN3C=CNN3)C2)OC1(C)C. The van der Waals surface area contributed by atoms with Crippen LogP contribution in [-0.4, -0.2) is 53.8 Å². The van der Waals surface area contributed by atoms with Gasteiger partial charge in [0.15, 0.2) is 0 Å². The van der Waals surface area contributed by atoms with E-state index in [1.807, 2.05) is 43.8 Å². The van der Waals surface area contributed by atoms with E-state index in [1.54, 1.807) is 6.20 Å². The van der Waals surface area contributed by atoms with Crippen molar-refractivity contribution in [3.8, 4) is 0 Å². The standard InChI is InChI=1S/C16H27BN4O3/c1-15(2)16(3,4)24-17(23-15)13-6-5-9-20(12-13)14(22)7-10-21-11-8-18-19-21/h6,8,11,18-19H,5,7,9-10,12H2,1-4H3. The van der Waals surface area contributed by atoms with E-state index in [9.17, 15) is 4.79 Å². The second-order valence-corrected chi connectivity index (χ2v) is 7.49. The summed E-state index contributed by atoms with van der Waals surface area (Å²) in [5, 5.41) is 1.85. The quantitative estimate of drug-likeness (QED) is 0.747. The molecular formula is C16H27BN4O3. The number of amides is 1. The Morgan fingerprint density at radius 2 is 2.00 bits per heavy atom. The van der Waals surface area contributed by atoms with Crippen LogP contribution >= 0.6 is 0 Å². The van der Waals surface area contributed by atoms with Crippen LogP contribution in [0.3, 0.4) is 0 Å². The first kappa shape index (κ1) is 17.3. The van der Waals surface area contributed by atoms with Crippen molar-refractivity contribution in [3.05, 3.63) is 23.9 Å². The number of nitrogens with one attached hydrogen (secondary N) is 2. The predicted octanol–water partition coefficient (Wildman–Crippen LogP) is 0.963. The van der Waals surface area contributed by atoms with Crippen molar-refractivity contribution in [1.29, 1.82) is 0 Å². The second kappa shape index (κ2) is 6.42. The zero-order valence-electron chi connectivity index (χ0n) is 15.0.